The van der Waals surface area contributed by atoms with Gasteiger partial charge in [0.15, 0.2) is 5.96 Å². The SMILES string of the molecule is CN=C(NCCOCCS(C)(=O)=O)NCC(OC)C(C)(C)C. The van der Waals surface area contributed by atoms with E-state index in [0.29, 0.717) is 25.7 Å². The molecule has 0 aliphatic rings. The molecule has 2 N–H and O–H groups in total. The Morgan fingerprint density at radius 1 is 1.23 bits per heavy atom. The summed E-state index contributed by atoms with van der Waals surface area (Å²) in [5.41, 5.74) is 0.0371. The number of guanidine groups is 1. The highest BCUT2D eigenvalue weighted by Crippen LogP contribution is 2.20. The average molecular weight is 337 g/mol. The second kappa shape index (κ2) is 10.0. The summed E-state index contributed by atoms with van der Waals surface area (Å²) in [6.45, 7) is 8.19. The molecule has 132 valence electrons. The Bertz CT molecular complexity index is 430. The van der Waals surface area contributed by atoms with Crippen molar-refractivity contribution >= 4 is 15.8 Å². The van der Waals surface area contributed by atoms with Crippen molar-refractivity contribution in [3.63, 3.8) is 0 Å². The predicted molar refractivity (Wildman–Crippen MR) is 90.1 cm³/mol. The van der Waals surface area contributed by atoms with Crippen LogP contribution < -0.4 is 10.6 Å². The van der Waals surface area contributed by atoms with Gasteiger partial charge in [-0.3, -0.25) is 4.99 Å². The van der Waals surface area contributed by atoms with Crippen LogP contribution in [0.5, 0.6) is 0 Å². The largest absolute Gasteiger partial charge is 0.379 e. The number of ether oxygens (including phenoxy) is 2. The van der Waals surface area contributed by atoms with Gasteiger partial charge in [-0.1, -0.05) is 20.8 Å². The van der Waals surface area contributed by atoms with Crippen LogP contribution in [0.15, 0.2) is 4.99 Å². The Kier molecular flexibility index (Phi) is 9.63. The first-order valence-corrected chi connectivity index (χ1v) is 9.39. The lowest BCUT2D eigenvalue weighted by Crippen LogP contribution is -2.46. The van der Waals surface area contributed by atoms with E-state index in [1.54, 1.807) is 14.2 Å². The molecule has 0 saturated heterocycles. The molecule has 0 heterocycles. The molecule has 0 fully saturated rings. The normalized spacial score (nSPS) is 14.7. The highest BCUT2D eigenvalue weighted by Gasteiger charge is 2.24. The van der Waals surface area contributed by atoms with E-state index in [2.05, 4.69) is 36.4 Å². The van der Waals surface area contributed by atoms with Gasteiger partial charge in [-0.2, -0.15) is 0 Å². The van der Waals surface area contributed by atoms with E-state index < -0.39 is 9.84 Å². The Labute approximate surface area is 134 Å². The van der Waals surface area contributed by atoms with Gasteiger partial charge in [0.05, 0.1) is 25.1 Å². The molecule has 0 rings (SSSR count). The molecule has 0 aliphatic heterocycles. The Hall–Kier alpha value is -0.860. The molecular formula is C14H31N3O4S. The minimum Gasteiger partial charge on any atom is -0.379 e. The van der Waals surface area contributed by atoms with E-state index in [1.165, 1.54) is 6.26 Å². The van der Waals surface area contributed by atoms with Crippen LogP contribution in [0.4, 0.5) is 0 Å². The highest BCUT2D eigenvalue weighted by molar-refractivity contribution is 7.90. The number of sulfone groups is 1. The number of nitrogens with zero attached hydrogens (tertiary/aromatic N) is 1. The third-order valence-corrected chi connectivity index (χ3v) is 3.97. The van der Waals surface area contributed by atoms with Gasteiger partial charge in [-0.05, 0) is 5.41 Å². The van der Waals surface area contributed by atoms with Crippen LogP contribution in [0.2, 0.25) is 0 Å². The van der Waals surface area contributed by atoms with Crippen LogP contribution in [0.1, 0.15) is 20.8 Å². The zero-order valence-electron chi connectivity index (χ0n) is 14.6. The van der Waals surface area contributed by atoms with Gasteiger partial charge in [0.1, 0.15) is 9.84 Å². The monoisotopic (exact) mass is 337 g/mol. The highest BCUT2D eigenvalue weighted by atomic mass is 32.2. The van der Waals surface area contributed by atoms with E-state index in [1.807, 2.05) is 0 Å². The number of methoxy groups -OCH3 is 1. The molecule has 22 heavy (non-hydrogen) atoms. The second-order valence-corrected chi connectivity index (χ2v) is 8.47. The van der Waals surface area contributed by atoms with Crippen LogP contribution in [0.25, 0.3) is 0 Å². The fourth-order valence-electron chi connectivity index (χ4n) is 1.71. The van der Waals surface area contributed by atoms with Gasteiger partial charge in [0.25, 0.3) is 0 Å². The number of hydrogen-bond acceptors (Lipinski definition) is 5. The molecular weight excluding hydrogens is 306 g/mol. The molecule has 7 nitrogen and oxygen atoms in total. The quantitative estimate of drug-likeness (QED) is 0.357. The van der Waals surface area contributed by atoms with E-state index in [4.69, 9.17) is 9.47 Å². The van der Waals surface area contributed by atoms with Crippen LogP contribution in [-0.4, -0.2) is 73.0 Å². The zero-order valence-corrected chi connectivity index (χ0v) is 15.4. The van der Waals surface area contributed by atoms with Crippen LogP contribution in [0, 0.1) is 5.41 Å². The lowest BCUT2D eigenvalue weighted by atomic mass is 9.89. The molecule has 0 amide bonds. The van der Waals surface area contributed by atoms with Gasteiger partial charge in [0.2, 0.25) is 0 Å². The van der Waals surface area contributed by atoms with Crippen LogP contribution in [0.3, 0.4) is 0 Å². The van der Waals surface area contributed by atoms with Crippen molar-refractivity contribution in [2.45, 2.75) is 26.9 Å². The third-order valence-electron chi connectivity index (χ3n) is 3.07. The van der Waals surface area contributed by atoms with Crippen LogP contribution in [-0.2, 0) is 19.3 Å². The van der Waals surface area contributed by atoms with E-state index in [-0.39, 0.29) is 23.9 Å². The zero-order chi connectivity index (χ0) is 17.2. The van der Waals surface area contributed by atoms with Gasteiger partial charge in [-0.15, -0.1) is 0 Å². The Balaban J connectivity index is 3.94. The molecule has 1 atom stereocenters. The first-order chi connectivity index (χ1) is 10.1. The standard InChI is InChI=1S/C14H31N3O4S/c1-14(2,3)12(20-5)11-17-13(15-4)16-7-8-21-9-10-22(6,18)19/h12H,7-11H2,1-6H3,(H2,15,16,17). The number of nitrogens with one attached hydrogen (secondary N) is 2. The van der Waals surface area contributed by atoms with Crippen molar-refractivity contribution in [3.05, 3.63) is 0 Å². The van der Waals surface area contributed by atoms with Crippen molar-refractivity contribution in [2.24, 2.45) is 10.4 Å². The van der Waals surface area contributed by atoms with Gasteiger partial charge in [0, 0.05) is 33.5 Å². The summed E-state index contributed by atoms with van der Waals surface area (Å²) in [4.78, 5) is 4.12. The first-order valence-electron chi connectivity index (χ1n) is 7.33. The summed E-state index contributed by atoms with van der Waals surface area (Å²) in [7, 11) is 0.428. The number of rotatable bonds is 9. The smallest absolute Gasteiger partial charge is 0.191 e. The first kappa shape index (κ1) is 21.1. The molecule has 0 aromatic heterocycles. The maximum absolute atomic E-state index is 10.9. The summed E-state index contributed by atoms with van der Waals surface area (Å²) < 4.78 is 32.6. The number of aliphatic imine (C=N–C) groups is 1. The minimum atomic E-state index is -2.96. The van der Waals surface area contributed by atoms with Gasteiger partial charge < -0.3 is 20.1 Å². The van der Waals surface area contributed by atoms with E-state index in [0.717, 1.165) is 0 Å². The van der Waals surface area contributed by atoms with Crippen LogP contribution >= 0.6 is 0 Å². The topological polar surface area (TPSA) is 89.0 Å². The second-order valence-electron chi connectivity index (χ2n) is 6.21. The summed E-state index contributed by atoms with van der Waals surface area (Å²) in [6, 6.07) is 0. The third kappa shape index (κ3) is 10.8. The van der Waals surface area contributed by atoms with E-state index in [9.17, 15) is 8.42 Å². The van der Waals surface area contributed by atoms with Crippen molar-refractivity contribution in [3.8, 4) is 0 Å². The summed E-state index contributed by atoms with van der Waals surface area (Å²) >= 11 is 0. The summed E-state index contributed by atoms with van der Waals surface area (Å²) in [5, 5.41) is 6.31. The van der Waals surface area contributed by atoms with Gasteiger partial charge in [-0.25, -0.2) is 8.42 Å². The van der Waals surface area contributed by atoms with Crippen molar-refractivity contribution < 1.29 is 17.9 Å². The maximum atomic E-state index is 10.9. The number of hydrogen-bond donors (Lipinski definition) is 2. The lowest BCUT2D eigenvalue weighted by Gasteiger charge is -2.30. The lowest BCUT2D eigenvalue weighted by molar-refractivity contribution is 0.0205. The van der Waals surface area contributed by atoms with Crippen molar-refractivity contribution in [1.29, 1.82) is 0 Å². The van der Waals surface area contributed by atoms with Crippen molar-refractivity contribution in [2.75, 3.05) is 52.5 Å². The molecule has 0 radical (unpaired) electrons. The Morgan fingerprint density at radius 2 is 1.86 bits per heavy atom. The molecule has 0 aromatic rings. The molecule has 1 unspecified atom stereocenters. The van der Waals surface area contributed by atoms with Crippen molar-refractivity contribution in [1.82, 2.24) is 10.6 Å². The Morgan fingerprint density at radius 3 is 2.32 bits per heavy atom. The average Bonchev–Trinajstić information content (AvgIpc) is 2.38. The van der Waals surface area contributed by atoms with Gasteiger partial charge >= 0.3 is 0 Å². The fourth-order valence-corrected chi connectivity index (χ4v) is 2.13. The molecule has 8 heteroatoms. The fraction of sp³-hybridized carbons (Fsp3) is 0.929. The van der Waals surface area contributed by atoms with E-state index >= 15 is 0 Å². The summed E-state index contributed by atoms with van der Waals surface area (Å²) in [6.07, 6.45) is 1.26. The predicted octanol–water partition coefficient (Wildman–Crippen LogP) is 0.274. The molecule has 0 saturated carbocycles. The maximum Gasteiger partial charge on any atom is 0.191 e. The molecule has 0 bridgehead atoms. The molecule has 0 aromatic carbocycles. The molecule has 0 spiro atoms. The minimum absolute atomic E-state index is 0.0371. The molecule has 0 aliphatic carbocycles. The summed E-state index contributed by atoms with van der Waals surface area (Å²) in [5.74, 6) is 0.708.